The van der Waals surface area contributed by atoms with Crippen LogP contribution in [0.2, 0.25) is 0 Å². The molecule has 3 aliphatic heterocycles. The first-order valence-electron chi connectivity index (χ1n) is 10.7. The number of rotatable bonds is 5. The molecule has 8 nitrogen and oxygen atoms in total. The summed E-state index contributed by atoms with van der Waals surface area (Å²) in [6.07, 6.45) is 0. The van der Waals surface area contributed by atoms with E-state index in [9.17, 15) is 9.59 Å². The molecule has 0 aromatic heterocycles. The van der Waals surface area contributed by atoms with Gasteiger partial charge >= 0.3 is 11.9 Å². The number of amides is 3. The predicted molar refractivity (Wildman–Crippen MR) is 116 cm³/mol. The lowest BCUT2D eigenvalue weighted by Gasteiger charge is -2.33. The van der Waals surface area contributed by atoms with Crippen molar-refractivity contribution >= 4 is 23.6 Å². The second-order valence-electron chi connectivity index (χ2n) is 8.35. The number of hydrogen-bond donors (Lipinski definition) is 0. The molecule has 3 aliphatic rings. The molecule has 0 bridgehead atoms. The van der Waals surface area contributed by atoms with Crippen LogP contribution in [0.15, 0.2) is 29.3 Å². The Bertz CT molecular complexity index is 899. The molecule has 0 N–H and O–H groups in total. The minimum atomic E-state index is -0.550. The smallest absolute Gasteiger partial charge is 0.301 e. The maximum atomic E-state index is 13.1. The van der Waals surface area contributed by atoms with Crippen molar-refractivity contribution in [3.63, 3.8) is 0 Å². The summed E-state index contributed by atoms with van der Waals surface area (Å²) in [6, 6.07) is 7.48. The largest absolute Gasteiger partial charge is 0.333 e. The third-order valence-corrected chi connectivity index (χ3v) is 6.36. The van der Waals surface area contributed by atoms with Gasteiger partial charge in [0.05, 0.1) is 0 Å². The van der Waals surface area contributed by atoms with Crippen LogP contribution in [0.3, 0.4) is 0 Å². The first kappa shape index (κ1) is 20.7. The van der Waals surface area contributed by atoms with E-state index in [1.807, 2.05) is 0 Å². The second-order valence-corrected chi connectivity index (χ2v) is 8.35. The van der Waals surface area contributed by atoms with Gasteiger partial charge in [-0.25, -0.2) is 9.37 Å². The number of imide groups is 1. The number of piperazine rings is 1. The van der Waals surface area contributed by atoms with Crippen LogP contribution in [0, 0.1) is 6.92 Å². The van der Waals surface area contributed by atoms with Crippen LogP contribution in [-0.2, 0) is 11.3 Å². The molecule has 2 saturated heterocycles. The summed E-state index contributed by atoms with van der Waals surface area (Å²) in [5.41, 5.74) is 2.33. The van der Waals surface area contributed by atoms with Gasteiger partial charge in [0, 0.05) is 40.3 Å². The summed E-state index contributed by atoms with van der Waals surface area (Å²) >= 11 is 0. The first-order valence-corrected chi connectivity index (χ1v) is 10.7. The van der Waals surface area contributed by atoms with Crippen molar-refractivity contribution in [2.45, 2.75) is 26.4 Å². The monoisotopic (exact) mass is 411 g/mol. The van der Waals surface area contributed by atoms with Crippen molar-refractivity contribution in [3.8, 4) is 0 Å². The normalized spacial score (nSPS) is 23.3. The minimum Gasteiger partial charge on any atom is -0.301 e. The van der Waals surface area contributed by atoms with Crippen LogP contribution >= 0.6 is 0 Å². The summed E-state index contributed by atoms with van der Waals surface area (Å²) in [5.74, 6) is 1.19. The van der Waals surface area contributed by atoms with Gasteiger partial charge < -0.3 is 4.90 Å². The predicted octanol–water partition coefficient (Wildman–Crippen LogP) is 0.848. The number of urea groups is 1. The van der Waals surface area contributed by atoms with Gasteiger partial charge in [-0.3, -0.25) is 19.5 Å². The fraction of sp³-hybridized carbons (Fsp3) is 0.545. The van der Waals surface area contributed by atoms with Crippen LogP contribution in [0.4, 0.5) is 4.79 Å². The molecule has 1 unspecified atom stereocenters. The van der Waals surface area contributed by atoms with Gasteiger partial charge in [-0.1, -0.05) is 36.8 Å². The number of hydrogen-bond acceptors (Lipinski definition) is 5. The molecule has 0 saturated carbocycles. The SMILES string of the molecule is CCN1CCN(CC2=[N+](Cc3ccc(C)cc3)C3C(=O)N(C)C(=O)N(C)C3=N2)CC1. The zero-order valence-corrected chi connectivity index (χ0v) is 18.3. The van der Waals surface area contributed by atoms with Crippen molar-refractivity contribution in [1.29, 1.82) is 0 Å². The van der Waals surface area contributed by atoms with Gasteiger partial charge in [0.1, 0.15) is 13.1 Å². The lowest BCUT2D eigenvalue weighted by atomic mass is 10.1. The van der Waals surface area contributed by atoms with Crippen LogP contribution in [0.25, 0.3) is 0 Å². The molecule has 1 atom stereocenters. The van der Waals surface area contributed by atoms with Crippen molar-refractivity contribution in [1.82, 2.24) is 19.6 Å². The highest BCUT2D eigenvalue weighted by Crippen LogP contribution is 2.21. The number of carbonyl (C=O) groups excluding carboxylic acids is 2. The van der Waals surface area contributed by atoms with Crippen molar-refractivity contribution < 1.29 is 14.2 Å². The average Bonchev–Trinajstić information content (AvgIpc) is 3.11. The highest BCUT2D eigenvalue weighted by molar-refractivity contribution is 6.23. The third-order valence-electron chi connectivity index (χ3n) is 6.36. The number of amidine groups is 2. The topological polar surface area (TPSA) is 62.5 Å². The lowest BCUT2D eigenvalue weighted by Crippen LogP contribution is -2.61. The zero-order chi connectivity index (χ0) is 21.4. The molecule has 1 aromatic rings. The summed E-state index contributed by atoms with van der Waals surface area (Å²) in [5, 5.41) is 0. The Hall–Kier alpha value is -2.58. The molecule has 30 heavy (non-hydrogen) atoms. The molecule has 3 amide bonds. The number of carbonyl (C=O) groups is 2. The highest BCUT2D eigenvalue weighted by Gasteiger charge is 2.53. The molecular weight excluding hydrogens is 380 g/mol. The molecular formula is C22H31N6O2+. The lowest BCUT2D eigenvalue weighted by molar-refractivity contribution is -0.552. The van der Waals surface area contributed by atoms with Crippen molar-refractivity contribution in [2.24, 2.45) is 4.99 Å². The zero-order valence-electron chi connectivity index (χ0n) is 18.3. The van der Waals surface area contributed by atoms with Crippen LogP contribution in [0.5, 0.6) is 0 Å². The quantitative estimate of drug-likeness (QED) is 0.674. The summed E-state index contributed by atoms with van der Waals surface area (Å²) in [7, 11) is 3.24. The summed E-state index contributed by atoms with van der Waals surface area (Å²) in [6.45, 7) is 10.6. The van der Waals surface area contributed by atoms with E-state index in [1.165, 1.54) is 15.4 Å². The van der Waals surface area contributed by atoms with Crippen LogP contribution in [-0.4, -0.2) is 107 Å². The Morgan fingerprint density at radius 3 is 2.27 bits per heavy atom. The van der Waals surface area contributed by atoms with E-state index < -0.39 is 6.04 Å². The van der Waals surface area contributed by atoms with Crippen molar-refractivity contribution in [3.05, 3.63) is 35.4 Å². The first-order chi connectivity index (χ1) is 14.4. The van der Waals surface area contributed by atoms with E-state index in [2.05, 4.69) is 52.5 Å². The van der Waals surface area contributed by atoms with E-state index in [-0.39, 0.29) is 11.9 Å². The molecule has 0 radical (unpaired) electrons. The number of aliphatic imine (C=N–C) groups is 1. The number of likely N-dealkylation sites (N-methyl/N-ethyl adjacent to an activating group) is 3. The fourth-order valence-electron chi connectivity index (χ4n) is 4.31. The van der Waals surface area contributed by atoms with Crippen LogP contribution in [0.1, 0.15) is 18.1 Å². The number of benzene rings is 1. The number of nitrogens with zero attached hydrogens (tertiary/aromatic N) is 6. The van der Waals surface area contributed by atoms with E-state index in [0.717, 1.165) is 44.1 Å². The summed E-state index contributed by atoms with van der Waals surface area (Å²) in [4.78, 5) is 37.9. The minimum absolute atomic E-state index is 0.213. The van der Waals surface area contributed by atoms with Gasteiger partial charge in [0.2, 0.25) is 0 Å². The summed E-state index contributed by atoms with van der Waals surface area (Å²) < 4.78 is 2.08. The van der Waals surface area contributed by atoms with Gasteiger partial charge in [0.15, 0.2) is 0 Å². The second kappa shape index (κ2) is 8.28. The van der Waals surface area contributed by atoms with Crippen molar-refractivity contribution in [2.75, 3.05) is 53.4 Å². The van der Waals surface area contributed by atoms with E-state index in [1.54, 1.807) is 14.1 Å². The molecule has 0 aliphatic carbocycles. The Balaban J connectivity index is 1.64. The molecule has 4 rings (SSSR count). The van der Waals surface area contributed by atoms with Gasteiger partial charge in [0.25, 0.3) is 17.8 Å². The van der Waals surface area contributed by atoms with Gasteiger partial charge in [-0.15, -0.1) is 0 Å². The maximum Gasteiger partial charge on any atom is 0.333 e. The van der Waals surface area contributed by atoms with E-state index in [0.29, 0.717) is 18.9 Å². The number of aryl methyl sites for hydroxylation is 1. The number of fused-ring (bicyclic) bond motifs is 1. The molecule has 160 valence electrons. The Morgan fingerprint density at radius 1 is 1.00 bits per heavy atom. The standard InChI is InChI=1S/C22H31N6O2/c1-5-26-10-12-27(13-11-26)15-18-23-20-19(21(29)25(4)22(30)24(20)3)28(18)14-17-8-6-16(2)7-9-17/h6-9,19H,5,10-15H2,1-4H3/q+1. The van der Waals surface area contributed by atoms with E-state index in [4.69, 9.17) is 4.99 Å². The van der Waals surface area contributed by atoms with Crippen LogP contribution < -0.4 is 0 Å². The Morgan fingerprint density at radius 2 is 1.63 bits per heavy atom. The molecule has 8 heteroatoms. The van der Waals surface area contributed by atoms with Gasteiger partial charge in [-0.05, 0) is 24.0 Å². The maximum absolute atomic E-state index is 13.1. The Kier molecular flexibility index (Phi) is 5.71. The highest BCUT2D eigenvalue weighted by atomic mass is 16.2. The average molecular weight is 412 g/mol. The van der Waals surface area contributed by atoms with Gasteiger partial charge in [-0.2, -0.15) is 0 Å². The Labute approximate surface area is 178 Å². The fourth-order valence-corrected chi connectivity index (χ4v) is 4.31. The molecule has 2 fully saturated rings. The molecule has 1 aromatic carbocycles. The third kappa shape index (κ3) is 3.77. The molecule has 3 heterocycles. The molecule has 0 spiro atoms. The van der Waals surface area contributed by atoms with E-state index >= 15 is 0 Å².